The second-order valence-electron chi connectivity index (χ2n) is 4.75. The molecular weight excluding hydrogens is 318 g/mol. The van der Waals surface area contributed by atoms with Crippen LogP contribution in [0.5, 0.6) is 0 Å². The number of nitrogens with zero attached hydrogens (tertiary/aromatic N) is 2. The lowest BCUT2D eigenvalue weighted by atomic mass is 10.0. The summed E-state index contributed by atoms with van der Waals surface area (Å²) in [5, 5.41) is 8.18. The molecule has 0 amide bonds. The molecule has 1 N–H and O–H groups in total. The van der Waals surface area contributed by atoms with Gasteiger partial charge in [0.1, 0.15) is 0 Å². The van der Waals surface area contributed by atoms with Gasteiger partial charge in [-0.3, -0.25) is 4.68 Å². The van der Waals surface area contributed by atoms with Crippen LogP contribution in [0.4, 0.5) is 0 Å². The van der Waals surface area contributed by atoms with Crippen molar-refractivity contribution in [3.63, 3.8) is 0 Å². The van der Waals surface area contributed by atoms with Gasteiger partial charge < -0.3 is 9.73 Å². The smallest absolute Gasteiger partial charge is 0.0950 e. The van der Waals surface area contributed by atoms with E-state index in [0.717, 1.165) is 36.1 Å². The summed E-state index contributed by atoms with van der Waals surface area (Å²) in [6, 6.07) is 2.27. The van der Waals surface area contributed by atoms with Gasteiger partial charge in [-0.1, -0.05) is 13.8 Å². The maximum atomic E-state index is 5.22. The molecule has 0 bridgehead atoms. The number of hydrogen-bond acceptors (Lipinski definition) is 3. The Hall–Kier alpha value is -1.07. The van der Waals surface area contributed by atoms with Gasteiger partial charge in [0.15, 0.2) is 0 Å². The summed E-state index contributed by atoms with van der Waals surface area (Å²) in [4.78, 5) is 0. The van der Waals surface area contributed by atoms with E-state index < -0.39 is 0 Å². The Bertz CT molecular complexity index is 534. The number of furan rings is 1. The molecule has 0 saturated heterocycles. The van der Waals surface area contributed by atoms with E-state index in [4.69, 9.17) is 4.42 Å². The minimum Gasteiger partial charge on any atom is -0.472 e. The molecule has 0 saturated carbocycles. The van der Waals surface area contributed by atoms with Crippen molar-refractivity contribution in [2.75, 3.05) is 6.54 Å². The first-order chi connectivity index (χ1) is 9.71. The summed E-state index contributed by atoms with van der Waals surface area (Å²) in [6.45, 7) is 8.19. The molecule has 2 aromatic rings. The SMILES string of the molecule is CCNC(Cc1c(Br)c(CC)nn1CC)c1ccoc1. The second-order valence-corrected chi connectivity index (χ2v) is 5.54. The molecule has 0 aromatic carbocycles. The van der Waals surface area contributed by atoms with Crippen LogP contribution in [0.1, 0.15) is 43.8 Å². The summed E-state index contributed by atoms with van der Waals surface area (Å²) in [5.41, 5.74) is 3.56. The van der Waals surface area contributed by atoms with Gasteiger partial charge in [0.25, 0.3) is 0 Å². The van der Waals surface area contributed by atoms with Gasteiger partial charge in [-0.25, -0.2) is 0 Å². The number of likely N-dealkylation sites (N-methyl/N-ethyl adjacent to an activating group) is 1. The molecule has 4 nitrogen and oxygen atoms in total. The first kappa shape index (κ1) is 15.3. The third-order valence-electron chi connectivity index (χ3n) is 3.49. The van der Waals surface area contributed by atoms with E-state index in [1.54, 1.807) is 6.26 Å². The molecule has 5 heteroatoms. The number of aryl methyl sites for hydroxylation is 2. The molecule has 1 unspecified atom stereocenters. The van der Waals surface area contributed by atoms with Crippen molar-refractivity contribution in [1.82, 2.24) is 15.1 Å². The molecule has 20 heavy (non-hydrogen) atoms. The van der Waals surface area contributed by atoms with Gasteiger partial charge in [-0.2, -0.15) is 5.10 Å². The van der Waals surface area contributed by atoms with Gasteiger partial charge in [-0.05, 0) is 41.9 Å². The Balaban J connectivity index is 2.28. The van der Waals surface area contributed by atoms with Crippen LogP contribution >= 0.6 is 15.9 Å². The molecule has 0 spiro atoms. The Morgan fingerprint density at radius 3 is 2.75 bits per heavy atom. The molecule has 2 rings (SSSR count). The van der Waals surface area contributed by atoms with E-state index in [2.05, 4.69) is 51.8 Å². The van der Waals surface area contributed by atoms with Gasteiger partial charge in [0.2, 0.25) is 0 Å². The molecule has 2 heterocycles. The highest BCUT2D eigenvalue weighted by Gasteiger charge is 2.19. The first-order valence-corrected chi connectivity index (χ1v) is 8.00. The van der Waals surface area contributed by atoms with Crippen molar-refractivity contribution in [2.24, 2.45) is 0 Å². The zero-order valence-electron chi connectivity index (χ0n) is 12.3. The van der Waals surface area contributed by atoms with Crippen LogP contribution in [-0.2, 0) is 19.4 Å². The zero-order chi connectivity index (χ0) is 14.5. The van der Waals surface area contributed by atoms with Crippen LogP contribution in [0.3, 0.4) is 0 Å². The summed E-state index contributed by atoms with van der Waals surface area (Å²) in [5.74, 6) is 0. The average molecular weight is 340 g/mol. The predicted octanol–water partition coefficient (Wildman–Crippen LogP) is 3.71. The third kappa shape index (κ3) is 3.15. The van der Waals surface area contributed by atoms with Crippen LogP contribution < -0.4 is 5.32 Å². The highest BCUT2D eigenvalue weighted by atomic mass is 79.9. The number of rotatable bonds is 7. The van der Waals surface area contributed by atoms with Crippen LogP contribution in [0.15, 0.2) is 27.5 Å². The standard InChI is InChI=1S/C15H22BrN3O/c1-4-12-15(16)14(19(6-3)18-12)9-13(17-5-2)11-7-8-20-10-11/h7-8,10,13,17H,4-6,9H2,1-3H3. The lowest BCUT2D eigenvalue weighted by molar-refractivity contribution is 0.503. The fourth-order valence-corrected chi connectivity index (χ4v) is 3.16. The quantitative estimate of drug-likeness (QED) is 0.835. The van der Waals surface area contributed by atoms with Crippen LogP contribution in [0, 0.1) is 0 Å². The first-order valence-electron chi connectivity index (χ1n) is 7.20. The Kier molecular flexibility index (Phi) is 5.43. The lowest BCUT2D eigenvalue weighted by Crippen LogP contribution is -2.23. The molecule has 0 radical (unpaired) electrons. The van der Waals surface area contributed by atoms with Crippen molar-refractivity contribution >= 4 is 15.9 Å². The fourth-order valence-electron chi connectivity index (χ4n) is 2.43. The van der Waals surface area contributed by atoms with Gasteiger partial charge >= 0.3 is 0 Å². The number of hydrogen-bond donors (Lipinski definition) is 1. The molecule has 2 aromatic heterocycles. The third-order valence-corrected chi connectivity index (χ3v) is 4.40. The molecule has 0 fully saturated rings. The number of aromatic nitrogens is 2. The molecule has 0 aliphatic rings. The van der Waals surface area contributed by atoms with Crippen molar-refractivity contribution in [1.29, 1.82) is 0 Å². The Morgan fingerprint density at radius 1 is 1.40 bits per heavy atom. The van der Waals surface area contributed by atoms with Crippen LogP contribution in [-0.4, -0.2) is 16.3 Å². The molecule has 0 aliphatic heterocycles. The maximum Gasteiger partial charge on any atom is 0.0950 e. The maximum absolute atomic E-state index is 5.22. The van der Waals surface area contributed by atoms with Gasteiger partial charge in [0, 0.05) is 24.6 Å². The van der Waals surface area contributed by atoms with Crippen molar-refractivity contribution < 1.29 is 4.42 Å². The molecular formula is C15H22BrN3O. The molecule has 1 atom stereocenters. The van der Waals surface area contributed by atoms with E-state index in [0.29, 0.717) is 0 Å². The Labute approximate surface area is 128 Å². The monoisotopic (exact) mass is 339 g/mol. The summed E-state index contributed by atoms with van der Waals surface area (Å²) in [6.07, 6.45) is 5.38. The normalized spacial score (nSPS) is 12.8. The zero-order valence-corrected chi connectivity index (χ0v) is 13.9. The van der Waals surface area contributed by atoms with Crippen molar-refractivity contribution in [3.8, 4) is 0 Å². The number of nitrogens with one attached hydrogen (secondary N) is 1. The van der Waals surface area contributed by atoms with E-state index in [-0.39, 0.29) is 6.04 Å². The van der Waals surface area contributed by atoms with E-state index in [9.17, 15) is 0 Å². The van der Waals surface area contributed by atoms with E-state index in [1.807, 2.05) is 12.3 Å². The largest absolute Gasteiger partial charge is 0.472 e. The topological polar surface area (TPSA) is 43.0 Å². The minimum absolute atomic E-state index is 0.252. The van der Waals surface area contributed by atoms with Crippen molar-refractivity contribution in [2.45, 2.75) is 46.2 Å². The van der Waals surface area contributed by atoms with Gasteiger partial charge in [0.05, 0.1) is 28.4 Å². The summed E-state index contributed by atoms with van der Waals surface area (Å²) >= 11 is 3.71. The fraction of sp³-hybridized carbons (Fsp3) is 0.533. The number of halogens is 1. The van der Waals surface area contributed by atoms with Gasteiger partial charge in [-0.15, -0.1) is 0 Å². The summed E-state index contributed by atoms with van der Waals surface area (Å²) in [7, 11) is 0. The lowest BCUT2D eigenvalue weighted by Gasteiger charge is -2.17. The predicted molar refractivity (Wildman–Crippen MR) is 83.8 cm³/mol. The van der Waals surface area contributed by atoms with Crippen LogP contribution in [0.25, 0.3) is 0 Å². The van der Waals surface area contributed by atoms with Crippen molar-refractivity contribution in [3.05, 3.63) is 40.0 Å². The minimum atomic E-state index is 0.252. The molecule has 0 aliphatic carbocycles. The highest BCUT2D eigenvalue weighted by Crippen LogP contribution is 2.27. The molecule has 110 valence electrons. The Morgan fingerprint density at radius 2 is 2.20 bits per heavy atom. The highest BCUT2D eigenvalue weighted by molar-refractivity contribution is 9.10. The van der Waals surface area contributed by atoms with E-state index >= 15 is 0 Å². The van der Waals surface area contributed by atoms with Crippen LogP contribution in [0.2, 0.25) is 0 Å². The van der Waals surface area contributed by atoms with E-state index in [1.165, 1.54) is 11.3 Å². The summed E-state index contributed by atoms with van der Waals surface area (Å²) < 4.78 is 8.46. The average Bonchev–Trinajstić information content (AvgIpc) is 3.07. The second kappa shape index (κ2) is 7.09.